The molecule has 4 heteroatoms. The van der Waals surface area contributed by atoms with Gasteiger partial charge < -0.3 is 12.8 Å². The number of benzene rings is 12. The molecule has 83 heavy (non-hydrogen) atoms. The maximum Gasteiger partial charge on any atom is 1.00 e. The van der Waals surface area contributed by atoms with E-state index in [1.807, 2.05) is 12.1 Å². The van der Waals surface area contributed by atoms with E-state index in [4.69, 9.17) is 12.8 Å². The Bertz CT molecular complexity index is 3910. The van der Waals surface area contributed by atoms with Gasteiger partial charge in [-0.2, -0.15) is 0 Å². The minimum Gasteiger partial charge on any atom is -0.366 e. The molecular formula is C79H58Ag2P2+2. The average Bonchev–Trinajstić information content (AvgIpc) is 2.11. The molecule has 14 rings (SSSR count). The molecule has 0 heterocycles. The van der Waals surface area contributed by atoms with E-state index in [2.05, 4.69) is 327 Å². The first-order valence-electron chi connectivity index (χ1n) is 27.6. The van der Waals surface area contributed by atoms with Crippen molar-refractivity contribution in [1.82, 2.24) is 0 Å². The number of hydrogen-bond acceptors (Lipinski definition) is 0. The molecular weight excluding hydrogens is 1230 g/mol. The van der Waals surface area contributed by atoms with Gasteiger partial charge >= 0.3 is 44.8 Å². The molecule has 0 aromatic heterocycles. The van der Waals surface area contributed by atoms with Gasteiger partial charge in [-0.15, -0.1) is 35.4 Å². The fourth-order valence-electron chi connectivity index (χ4n) is 12.5. The van der Waals surface area contributed by atoms with Gasteiger partial charge in [0.25, 0.3) is 0 Å². The van der Waals surface area contributed by atoms with E-state index in [0.717, 1.165) is 11.1 Å². The van der Waals surface area contributed by atoms with E-state index in [0.29, 0.717) is 0 Å². The summed E-state index contributed by atoms with van der Waals surface area (Å²) < 4.78 is 0. The number of rotatable bonds is 10. The van der Waals surface area contributed by atoms with Crippen molar-refractivity contribution in [3.05, 3.63) is 396 Å². The Morgan fingerprint density at radius 1 is 0.253 bits per heavy atom. The van der Waals surface area contributed by atoms with Crippen molar-refractivity contribution >= 4 is 37.1 Å². The Labute approximate surface area is 524 Å². The van der Waals surface area contributed by atoms with E-state index >= 15 is 0 Å². The Balaban J connectivity index is 0.000000137. The minimum absolute atomic E-state index is 0. The fraction of sp³-hybridized carbons (Fsp3) is 0.0380. The largest absolute Gasteiger partial charge is 1.00 e. The Morgan fingerprint density at radius 3 is 0.880 bits per heavy atom. The smallest absolute Gasteiger partial charge is 0.366 e. The molecule has 0 bridgehead atoms. The minimum atomic E-state index is -0.847. The van der Waals surface area contributed by atoms with E-state index < -0.39 is 15.8 Å². The summed E-state index contributed by atoms with van der Waals surface area (Å²) in [5, 5.41) is 6.01. The summed E-state index contributed by atoms with van der Waals surface area (Å²) >= 11 is 0. The van der Waals surface area contributed by atoms with Crippen molar-refractivity contribution < 1.29 is 44.8 Å². The zero-order chi connectivity index (χ0) is 54.9. The molecule has 0 saturated carbocycles. The zero-order valence-electron chi connectivity index (χ0n) is 45.5. The van der Waals surface area contributed by atoms with Crippen LogP contribution in [0.3, 0.4) is 0 Å². The van der Waals surface area contributed by atoms with E-state index in [9.17, 15) is 0 Å². The molecule has 0 radical (unpaired) electrons. The Hall–Kier alpha value is -7.90. The molecule has 0 aliphatic heterocycles. The fourth-order valence-corrected chi connectivity index (χ4v) is 20.3. The Morgan fingerprint density at radius 2 is 0.518 bits per heavy atom. The van der Waals surface area contributed by atoms with Gasteiger partial charge in [0.15, 0.2) is 5.90 Å². The molecule has 0 N–H and O–H groups in total. The third kappa shape index (κ3) is 11.4. The summed E-state index contributed by atoms with van der Waals surface area (Å²) in [4.78, 5) is 0. The second-order valence-corrected chi connectivity index (χ2v) is 26.1. The molecule has 0 amide bonds. The van der Waals surface area contributed by atoms with Crippen LogP contribution in [0.5, 0.6) is 0 Å². The second-order valence-electron chi connectivity index (χ2n) is 20.4. The third-order valence-electron chi connectivity index (χ3n) is 16.0. The number of hydrogen-bond donors (Lipinski definition) is 0. The summed E-state index contributed by atoms with van der Waals surface area (Å²) in [7, 11) is -1.69. The molecule has 0 atom stereocenters. The predicted octanol–water partition coefficient (Wildman–Crippen LogP) is 16.6. The summed E-state index contributed by atoms with van der Waals surface area (Å²) in [5.41, 5.74) is 15.9. The van der Waals surface area contributed by atoms with Gasteiger partial charge in [-0.25, -0.2) is 0 Å². The van der Waals surface area contributed by atoms with Gasteiger partial charge in [0.2, 0.25) is 0 Å². The quantitative estimate of drug-likeness (QED) is 0.0554. The van der Waals surface area contributed by atoms with Crippen LogP contribution in [-0.2, 0) is 55.6 Å². The zero-order valence-corrected chi connectivity index (χ0v) is 50.5. The van der Waals surface area contributed by atoms with Crippen molar-refractivity contribution in [2.45, 2.75) is 10.8 Å². The van der Waals surface area contributed by atoms with Crippen molar-refractivity contribution in [2.24, 2.45) is 0 Å². The third-order valence-corrected chi connectivity index (χ3v) is 23.0. The van der Waals surface area contributed by atoms with Crippen LogP contribution >= 0.6 is 15.8 Å². The van der Waals surface area contributed by atoms with E-state index in [-0.39, 0.29) is 55.6 Å². The van der Waals surface area contributed by atoms with E-state index in [1.165, 1.54) is 93.9 Å². The second kappa shape index (κ2) is 27.0. The first-order valence-corrected chi connectivity index (χ1v) is 31.0. The molecule has 0 fully saturated rings. The van der Waals surface area contributed by atoms with Crippen molar-refractivity contribution in [3.8, 4) is 34.1 Å². The predicted molar refractivity (Wildman–Crippen MR) is 346 cm³/mol. The molecule has 12 aromatic rings. The maximum absolute atomic E-state index is 7.66. The van der Waals surface area contributed by atoms with Gasteiger partial charge in [-0.1, -0.05) is 255 Å². The van der Waals surface area contributed by atoms with Gasteiger partial charge in [-0.05, 0) is 115 Å². The van der Waals surface area contributed by atoms with Crippen LogP contribution in [-0.4, -0.2) is 5.90 Å². The average molecular weight is 1290 g/mol. The molecule has 404 valence electrons. The van der Waals surface area contributed by atoms with Crippen molar-refractivity contribution in [3.63, 3.8) is 0 Å². The Kier molecular flexibility index (Phi) is 19.0. The maximum atomic E-state index is 7.66. The van der Waals surface area contributed by atoms with Crippen LogP contribution < -0.4 is 21.2 Å². The molecule has 0 spiro atoms. The van der Waals surface area contributed by atoms with Gasteiger partial charge in [-0.3, -0.25) is 11.8 Å². The van der Waals surface area contributed by atoms with Crippen molar-refractivity contribution in [1.29, 1.82) is 0 Å². The molecule has 2 aliphatic rings. The van der Waals surface area contributed by atoms with E-state index in [1.54, 1.807) is 0 Å². The van der Waals surface area contributed by atoms with Gasteiger partial charge in [0.1, 0.15) is 37.1 Å². The van der Waals surface area contributed by atoms with Crippen molar-refractivity contribution in [2.75, 3.05) is 5.90 Å². The first kappa shape index (κ1) is 58.3. The van der Waals surface area contributed by atoms with Gasteiger partial charge in [0, 0.05) is 0 Å². The summed E-state index contributed by atoms with van der Waals surface area (Å²) in [6.07, 6.45) is 15.2. The molecule has 0 unspecified atom stereocenters. The standard InChI is InChI=1S/2C27H17.C25H22P2.2Ag/c1-2-20-17-18-26-24(19-20)23-15-9-10-16-25(23)27(26,21-11-5-3-6-12-21)22-13-7-4-8-14-22;1-2-20-17-18-24-23-15-9-10-16-25(23)27(26(24)19-20,21-11-5-3-6-12-21)22-13-7-4-8-14-22;1-5-13-22(14-6-1)26(23-15-7-2-8-16-23)21-27(24-17-9-3-10-18-24)25-19-11-4-12-20-25;;/h2*3-19H;1-20H,21H2;;/q2*-1;;2*+1/p+2. The normalized spacial score (nSPS) is 12.3. The molecule has 0 nitrogen and oxygen atoms in total. The molecule has 0 saturated heterocycles. The van der Waals surface area contributed by atoms with Crippen LogP contribution in [0.2, 0.25) is 0 Å². The summed E-state index contributed by atoms with van der Waals surface area (Å²) in [6, 6.07) is 117. The monoisotopic (exact) mass is 1280 g/mol. The SMILES string of the molecule is [Ag+].[Ag+].[C-]#Cc1ccc2c(c1)-c1ccccc1C2(c1ccccc1)c1ccccc1.[C-]#Cc1ccc2c(c1)C(c1ccccc1)(c1ccccc1)c1ccccc1-2.c1ccc([PH+](C[PH+](c2ccccc2)c2ccccc2)c2ccccc2)cc1. The number of fused-ring (bicyclic) bond motifs is 6. The molecule has 12 aromatic carbocycles. The van der Waals surface area contributed by atoms with Crippen LogP contribution in [0.25, 0.3) is 22.3 Å². The van der Waals surface area contributed by atoms with Crippen LogP contribution in [0.4, 0.5) is 0 Å². The summed E-state index contributed by atoms with van der Waals surface area (Å²) in [6.45, 7) is 0. The van der Waals surface area contributed by atoms with Gasteiger partial charge in [0.05, 0.1) is 10.8 Å². The van der Waals surface area contributed by atoms with Crippen LogP contribution in [0, 0.1) is 24.7 Å². The molecule has 2 aliphatic carbocycles. The van der Waals surface area contributed by atoms with Crippen LogP contribution in [0.1, 0.15) is 55.6 Å². The topological polar surface area (TPSA) is 0 Å². The summed E-state index contributed by atoms with van der Waals surface area (Å²) in [5.74, 6) is 6.37. The van der Waals surface area contributed by atoms with Crippen LogP contribution in [0.15, 0.2) is 328 Å². The first-order chi connectivity index (χ1) is 40.1.